The number of phenolic OH excluding ortho intramolecular Hbond substituents is 1. The lowest BCUT2D eigenvalue weighted by Gasteiger charge is -2.22. The van der Waals surface area contributed by atoms with Crippen molar-refractivity contribution in [2.24, 2.45) is 5.10 Å². The molecule has 0 aliphatic carbocycles. The molecule has 1 atom stereocenters. The Labute approximate surface area is 160 Å². The van der Waals surface area contributed by atoms with Crippen LogP contribution in [0.4, 0.5) is 0 Å². The number of amides is 1. The molecule has 1 aliphatic heterocycles. The number of benzene rings is 2. The smallest absolute Gasteiger partial charge is 0.282 e. The molecule has 1 saturated heterocycles. The van der Waals surface area contributed by atoms with Crippen LogP contribution in [0.1, 0.15) is 30.8 Å². The number of nitrogens with one attached hydrogen (secondary N) is 1. The Morgan fingerprint density at radius 2 is 1.93 bits per heavy atom. The van der Waals surface area contributed by atoms with Crippen molar-refractivity contribution in [2.75, 3.05) is 0 Å². The standard InChI is InChI=1S/C20H19N5O3/c1-12-21-17-6-4-3-5-16(17)20(28)24(12)22-19-11-18(25(23-19)13(2)26)14-7-9-15(27)10-8-14/h3-10,18,27H,11H2,1-2H3,(H,22,23). The molecule has 1 fully saturated rings. The van der Waals surface area contributed by atoms with Gasteiger partial charge in [-0.25, -0.2) is 9.99 Å². The van der Waals surface area contributed by atoms with E-state index in [0.29, 0.717) is 29.0 Å². The zero-order valence-corrected chi connectivity index (χ0v) is 15.5. The molecule has 2 heterocycles. The summed E-state index contributed by atoms with van der Waals surface area (Å²) in [5, 5.41) is 15.9. The zero-order valence-electron chi connectivity index (χ0n) is 15.5. The molecular weight excluding hydrogens is 358 g/mol. The summed E-state index contributed by atoms with van der Waals surface area (Å²) < 4.78 is 1.25. The number of para-hydroxylation sites is 1. The van der Waals surface area contributed by atoms with Crippen LogP contribution in [0, 0.1) is 6.92 Å². The lowest BCUT2D eigenvalue weighted by Crippen LogP contribution is -2.39. The average Bonchev–Trinajstić information content (AvgIpc) is 3.10. The van der Waals surface area contributed by atoms with Crippen molar-refractivity contribution < 1.29 is 9.90 Å². The first-order valence-electron chi connectivity index (χ1n) is 8.85. The van der Waals surface area contributed by atoms with Crippen molar-refractivity contribution in [3.8, 4) is 5.75 Å². The Kier molecular flexibility index (Phi) is 4.31. The Morgan fingerprint density at radius 3 is 2.64 bits per heavy atom. The van der Waals surface area contributed by atoms with Gasteiger partial charge in [0.05, 0.1) is 16.9 Å². The number of fused-ring (bicyclic) bond motifs is 1. The first-order chi connectivity index (χ1) is 13.4. The summed E-state index contributed by atoms with van der Waals surface area (Å²) >= 11 is 0. The summed E-state index contributed by atoms with van der Waals surface area (Å²) in [6.45, 7) is 3.17. The third-order valence-corrected chi connectivity index (χ3v) is 4.70. The molecule has 2 N–H and O–H groups in total. The van der Waals surface area contributed by atoms with Crippen LogP contribution in [0.25, 0.3) is 10.9 Å². The maximum atomic E-state index is 12.8. The highest BCUT2D eigenvalue weighted by Crippen LogP contribution is 2.29. The minimum absolute atomic E-state index is 0.155. The third-order valence-electron chi connectivity index (χ3n) is 4.70. The lowest BCUT2D eigenvalue weighted by molar-refractivity contribution is -0.132. The Bertz CT molecular complexity index is 1150. The summed E-state index contributed by atoms with van der Waals surface area (Å²) in [5.41, 5.74) is 4.20. The molecule has 4 rings (SSSR count). The van der Waals surface area contributed by atoms with E-state index in [0.717, 1.165) is 5.56 Å². The van der Waals surface area contributed by atoms with Gasteiger partial charge in [0.15, 0.2) is 0 Å². The maximum absolute atomic E-state index is 12.8. The highest BCUT2D eigenvalue weighted by molar-refractivity contribution is 5.89. The number of amidine groups is 1. The molecule has 3 aromatic rings. The van der Waals surface area contributed by atoms with E-state index >= 15 is 0 Å². The van der Waals surface area contributed by atoms with Crippen LogP contribution in [0.15, 0.2) is 58.4 Å². The number of carbonyl (C=O) groups excluding carboxylic acids is 1. The molecule has 1 aliphatic rings. The first kappa shape index (κ1) is 17.7. The monoisotopic (exact) mass is 377 g/mol. The van der Waals surface area contributed by atoms with Crippen molar-refractivity contribution in [2.45, 2.75) is 26.3 Å². The number of rotatable bonds is 2. The molecular formula is C20H19N5O3. The average molecular weight is 377 g/mol. The van der Waals surface area contributed by atoms with Gasteiger partial charge in [-0.15, -0.1) is 5.10 Å². The highest BCUT2D eigenvalue weighted by atomic mass is 16.3. The fourth-order valence-electron chi connectivity index (χ4n) is 3.33. The van der Waals surface area contributed by atoms with E-state index in [1.54, 1.807) is 49.4 Å². The lowest BCUT2D eigenvalue weighted by atomic mass is 10.0. The third kappa shape index (κ3) is 3.09. The molecule has 0 saturated carbocycles. The van der Waals surface area contributed by atoms with Crippen LogP contribution in [0.5, 0.6) is 5.75 Å². The predicted molar refractivity (Wildman–Crippen MR) is 105 cm³/mol. The van der Waals surface area contributed by atoms with Crippen molar-refractivity contribution >= 4 is 22.6 Å². The van der Waals surface area contributed by atoms with E-state index in [4.69, 9.17) is 0 Å². The number of aryl methyl sites for hydroxylation is 1. The summed E-state index contributed by atoms with van der Waals surface area (Å²) in [6, 6.07) is 13.5. The number of aromatic hydroxyl groups is 1. The normalized spacial score (nSPS) is 17.9. The maximum Gasteiger partial charge on any atom is 0.282 e. The number of carbonyl (C=O) groups is 1. The van der Waals surface area contributed by atoms with Crippen LogP contribution in [-0.2, 0) is 4.79 Å². The predicted octanol–water partition coefficient (Wildman–Crippen LogP) is 2.07. The van der Waals surface area contributed by atoms with Crippen molar-refractivity contribution in [3.63, 3.8) is 0 Å². The van der Waals surface area contributed by atoms with Crippen LogP contribution >= 0.6 is 0 Å². The second-order valence-electron chi connectivity index (χ2n) is 6.65. The minimum atomic E-state index is -0.290. The topological polar surface area (TPSA) is 99.8 Å². The first-order valence-corrected chi connectivity index (χ1v) is 8.85. The minimum Gasteiger partial charge on any atom is -0.508 e. The molecule has 8 heteroatoms. The molecule has 2 aromatic carbocycles. The van der Waals surface area contributed by atoms with E-state index in [1.165, 1.54) is 16.6 Å². The van der Waals surface area contributed by atoms with Gasteiger partial charge < -0.3 is 5.11 Å². The van der Waals surface area contributed by atoms with Crippen LogP contribution in [0.2, 0.25) is 0 Å². The van der Waals surface area contributed by atoms with Gasteiger partial charge in [0.1, 0.15) is 17.4 Å². The van der Waals surface area contributed by atoms with E-state index in [9.17, 15) is 14.7 Å². The number of hydrogen-bond acceptors (Lipinski definition) is 5. The van der Waals surface area contributed by atoms with Gasteiger partial charge in [0.25, 0.3) is 5.56 Å². The number of phenols is 1. The highest BCUT2D eigenvalue weighted by Gasteiger charge is 2.32. The number of nitrogens with zero attached hydrogens (tertiary/aromatic N) is 4. The van der Waals surface area contributed by atoms with Gasteiger partial charge in [-0.3, -0.25) is 15.0 Å². The summed E-state index contributed by atoms with van der Waals surface area (Å²) in [6.07, 6.45) is 0.406. The summed E-state index contributed by atoms with van der Waals surface area (Å²) in [4.78, 5) is 29.3. The molecule has 0 radical (unpaired) electrons. The summed E-state index contributed by atoms with van der Waals surface area (Å²) in [7, 11) is 0. The Hall–Kier alpha value is -3.68. The molecule has 1 amide bonds. The van der Waals surface area contributed by atoms with Crippen LogP contribution in [-0.4, -0.2) is 31.5 Å². The van der Waals surface area contributed by atoms with E-state index in [-0.39, 0.29) is 23.3 Å². The van der Waals surface area contributed by atoms with E-state index in [1.807, 2.05) is 6.07 Å². The molecule has 142 valence electrons. The largest absolute Gasteiger partial charge is 0.508 e. The van der Waals surface area contributed by atoms with Crippen molar-refractivity contribution in [1.82, 2.24) is 20.1 Å². The van der Waals surface area contributed by atoms with Gasteiger partial charge in [0, 0.05) is 13.3 Å². The molecule has 0 bridgehead atoms. The summed E-state index contributed by atoms with van der Waals surface area (Å²) in [5.74, 6) is 0.919. The second kappa shape index (κ2) is 6.80. The quantitative estimate of drug-likeness (QED) is 0.712. The Morgan fingerprint density at radius 1 is 1.21 bits per heavy atom. The van der Waals surface area contributed by atoms with Gasteiger partial charge in [0.2, 0.25) is 5.91 Å². The van der Waals surface area contributed by atoms with Gasteiger partial charge in [-0.05, 0) is 36.8 Å². The Balaban J connectivity index is 1.75. The molecule has 28 heavy (non-hydrogen) atoms. The number of hydrogen-bond donors (Lipinski definition) is 2. The van der Waals surface area contributed by atoms with Crippen molar-refractivity contribution in [3.05, 3.63) is 70.3 Å². The van der Waals surface area contributed by atoms with Gasteiger partial charge in [-0.2, -0.15) is 4.68 Å². The molecule has 0 spiro atoms. The fraction of sp³-hybridized carbons (Fsp3) is 0.200. The van der Waals surface area contributed by atoms with Crippen molar-refractivity contribution in [1.29, 1.82) is 0 Å². The van der Waals surface area contributed by atoms with Crippen LogP contribution < -0.4 is 11.0 Å². The van der Waals surface area contributed by atoms with Gasteiger partial charge >= 0.3 is 0 Å². The number of aromatic nitrogens is 2. The molecule has 1 unspecified atom stereocenters. The molecule has 8 nitrogen and oxygen atoms in total. The van der Waals surface area contributed by atoms with E-state index in [2.05, 4.69) is 15.5 Å². The second-order valence-corrected chi connectivity index (χ2v) is 6.65. The van der Waals surface area contributed by atoms with Gasteiger partial charge in [-0.1, -0.05) is 24.3 Å². The molecule has 1 aromatic heterocycles. The number of hydrazine groups is 1. The SMILES string of the molecule is CC(=O)N1N/C(=N\n2c(C)nc3ccccc3c2=O)CC1c1ccc(O)cc1. The zero-order chi connectivity index (χ0) is 19.8. The fourth-order valence-corrected chi connectivity index (χ4v) is 3.33. The van der Waals surface area contributed by atoms with E-state index < -0.39 is 0 Å². The van der Waals surface area contributed by atoms with Crippen LogP contribution in [0.3, 0.4) is 0 Å².